The van der Waals surface area contributed by atoms with E-state index < -0.39 is 16.0 Å². The SMILES string of the molecule is COC(=O)CCCS(=O)(=O)N(C)c1ccccc1N. The first kappa shape index (κ1) is 15.3. The number of carbonyl (C=O) groups is 1. The molecule has 0 fully saturated rings. The molecular weight excluding hydrogens is 268 g/mol. The monoisotopic (exact) mass is 286 g/mol. The highest BCUT2D eigenvalue weighted by Crippen LogP contribution is 2.24. The van der Waals surface area contributed by atoms with E-state index in [1.165, 1.54) is 14.2 Å². The molecule has 0 spiro atoms. The number of nitrogens with zero attached hydrogens (tertiary/aromatic N) is 1. The zero-order chi connectivity index (χ0) is 14.5. The lowest BCUT2D eigenvalue weighted by Crippen LogP contribution is -2.29. The van der Waals surface area contributed by atoms with E-state index >= 15 is 0 Å². The van der Waals surface area contributed by atoms with Crippen LogP contribution in [0.4, 0.5) is 11.4 Å². The third kappa shape index (κ3) is 4.13. The van der Waals surface area contributed by atoms with E-state index in [1.807, 2.05) is 0 Å². The van der Waals surface area contributed by atoms with Crippen LogP contribution in [0.5, 0.6) is 0 Å². The standard InChI is InChI=1S/C12H18N2O4S/c1-14(11-7-4-3-6-10(11)13)19(16,17)9-5-8-12(15)18-2/h3-4,6-7H,5,8-9,13H2,1-2H3. The van der Waals surface area contributed by atoms with Crippen molar-refractivity contribution < 1.29 is 17.9 Å². The van der Waals surface area contributed by atoms with Crippen molar-refractivity contribution in [3.63, 3.8) is 0 Å². The van der Waals surface area contributed by atoms with Crippen molar-refractivity contribution in [2.24, 2.45) is 0 Å². The topological polar surface area (TPSA) is 89.7 Å². The van der Waals surface area contributed by atoms with Gasteiger partial charge in [-0.05, 0) is 18.6 Å². The largest absolute Gasteiger partial charge is 0.469 e. The second kappa shape index (κ2) is 6.42. The third-order valence-electron chi connectivity index (χ3n) is 2.70. The van der Waals surface area contributed by atoms with Crippen LogP contribution in [0.2, 0.25) is 0 Å². The van der Waals surface area contributed by atoms with Gasteiger partial charge in [0.25, 0.3) is 0 Å². The lowest BCUT2D eigenvalue weighted by atomic mass is 10.3. The van der Waals surface area contributed by atoms with Gasteiger partial charge in [-0.15, -0.1) is 0 Å². The number of ether oxygens (including phenoxy) is 1. The van der Waals surface area contributed by atoms with Crippen LogP contribution in [0.3, 0.4) is 0 Å². The summed E-state index contributed by atoms with van der Waals surface area (Å²) in [5, 5.41) is 0. The highest BCUT2D eigenvalue weighted by molar-refractivity contribution is 7.92. The number of rotatable bonds is 6. The third-order valence-corrected chi connectivity index (χ3v) is 4.54. The minimum atomic E-state index is -3.49. The molecule has 19 heavy (non-hydrogen) atoms. The van der Waals surface area contributed by atoms with E-state index in [9.17, 15) is 13.2 Å². The summed E-state index contributed by atoms with van der Waals surface area (Å²) in [6, 6.07) is 6.71. The van der Waals surface area contributed by atoms with Crippen LogP contribution in [-0.2, 0) is 19.6 Å². The van der Waals surface area contributed by atoms with Crippen molar-refractivity contribution in [1.82, 2.24) is 0 Å². The molecule has 106 valence electrons. The average molecular weight is 286 g/mol. The number of benzene rings is 1. The summed E-state index contributed by atoms with van der Waals surface area (Å²) < 4.78 is 29.7. The zero-order valence-corrected chi connectivity index (χ0v) is 11.8. The fraction of sp³-hybridized carbons (Fsp3) is 0.417. The van der Waals surface area contributed by atoms with Gasteiger partial charge in [0.15, 0.2) is 0 Å². The highest BCUT2D eigenvalue weighted by Gasteiger charge is 2.20. The smallest absolute Gasteiger partial charge is 0.305 e. The Morgan fingerprint density at radius 2 is 2.00 bits per heavy atom. The molecule has 2 N–H and O–H groups in total. The molecule has 0 aromatic heterocycles. The van der Waals surface area contributed by atoms with Gasteiger partial charge < -0.3 is 10.5 Å². The van der Waals surface area contributed by atoms with Gasteiger partial charge in [-0.1, -0.05) is 12.1 Å². The van der Waals surface area contributed by atoms with Crippen molar-refractivity contribution >= 4 is 27.4 Å². The maximum absolute atomic E-state index is 12.1. The number of methoxy groups -OCH3 is 1. The lowest BCUT2D eigenvalue weighted by Gasteiger charge is -2.20. The second-order valence-electron chi connectivity index (χ2n) is 4.02. The van der Waals surface area contributed by atoms with Gasteiger partial charge in [0.05, 0.1) is 24.2 Å². The Labute approximate surface area is 113 Å². The highest BCUT2D eigenvalue weighted by atomic mass is 32.2. The van der Waals surface area contributed by atoms with Gasteiger partial charge in [0.2, 0.25) is 10.0 Å². The number of para-hydroxylation sites is 2. The van der Waals surface area contributed by atoms with Crippen LogP contribution >= 0.6 is 0 Å². The van der Waals surface area contributed by atoms with Crippen molar-refractivity contribution in [3.8, 4) is 0 Å². The summed E-state index contributed by atoms with van der Waals surface area (Å²) >= 11 is 0. The summed E-state index contributed by atoms with van der Waals surface area (Å²) in [6.45, 7) is 0. The van der Waals surface area contributed by atoms with E-state index in [0.717, 1.165) is 4.31 Å². The van der Waals surface area contributed by atoms with E-state index in [1.54, 1.807) is 24.3 Å². The predicted molar refractivity (Wildman–Crippen MR) is 74.3 cm³/mol. The maximum atomic E-state index is 12.1. The Kier molecular flexibility index (Phi) is 5.17. The van der Waals surface area contributed by atoms with E-state index in [2.05, 4.69) is 4.74 Å². The molecule has 1 aromatic rings. The number of nitrogen functional groups attached to an aromatic ring is 1. The first-order chi connectivity index (χ1) is 8.88. The molecule has 0 aliphatic carbocycles. The molecule has 0 aliphatic rings. The predicted octanol–water partition coefficient (Wildman–Crippen LogP) is 0.988. The second-order valence-corrected chi connectivity index (χ2v) is 6.14. The molecule has 0 radical (unpaired) electrons. The number of hydrogen-bond acceptors (Lipinski definition) is 5. The lowest BCUT2D eigenvalue weighted by molar-refractivity contribution is -0.140. The van der Waals surface area contributed by atoms with Gasteiger partial charge >= 0.3 is 5.97 Å². The van der Waals surface area contributed by atoms with Gasteiger partial charge in [-0.25, -0.2) is 8.42 Å². The summed E-state index contributed by atoms with van der Waals surface area (Å²) in [5.74, 6) is -0.551. The quantitative estimate of drug-likeness (QED) is 0.622. The minimum Gasteiger partial charge on any atom is -0.469 e. The van der Waals surface area contributed by atoms with Crippen LogP contribution in [-0.4, -0.2) is 34.3 Å². The normalized spacial score (nSPS) is 11.1. The molecule has 0 aliphatic heterocycles. The number of carbonyl (C=O) groups excluding carboxylic acids is 1. The van der Waals surface area contributed by atoms with Crippen LogP contribution in [0.15, 0.2) is 24.3 Å². The fourth-order valence-electron chi connectivity index (χ4n) is 1.56. The van der Waals surface area contributed by atoms with E-state index in [-0.39, 0.29) is 18.6 Å². The number of esters is 1. The van der Waals surface area contributed by atoms with E-state index in [4.69, 9.17) is 5.73 Å². The van der Waals surface area contributed by atoms with Crippen molar-refractivity contribution in [2.45, 2.75) is 12.8 Å². The molecule has 0 saturated heterocycles. The fourth-order valence-corrected chi connectivity index (χ4v) is 2.81. The average Bonchev–Trinajstić information content (AvgIpc) is 2.38. The molecule has 1 aromatic carbocycles. The number of nitrogens with two attached hydrogens (primary N) is 1. The molecule has 0 amide bonds. The molecule has 1 rings (SSSR count). The first-order valence-corrected chi connectivity index (χ1v) is 7.37. The van der Waals surface area contributed by atoms with Gasteiger partial charge in [-0.2, -0.15) is 0 Å². The van der Waals surface area contributed by atoms with Gasteiger partial charge in [0, 0.05) is 13.5 Å². The minimum absolute atomic E-state index is 0.0772. The molecule has 6 nitrogen and oxygen atoms in total. The molecule has 0 atom stereocenters. The summed E-state index contributed by atoms with van der Waals surface area (Å²) in [5.41, 5.74) is 6.56. The molecule has 0 bridgehead atoms. The first-order valence-electron chi connectivity index (χ1n) is 5.76. The Bertz CT molecular complexity index is 542. The molecular formula is C12H18N2O4S. The summed E-state index contributed by atoms with van der Waals surface area (Å²) in [6.07, 6.45) is 0.292. The van der Waals surface area contributed by atoms with Crippen molar-refractivity contribution in [1.29, 1.82) is 0 Å². The number of sulfonamides is 1. The molecule has 0 saturated carbocycles. The Morgan fingerprint density at radius 3 is 2.58 bits per heavy atom. The van der Waals surface area contributed by atoms with Gasteiger partial charge in [0.1, 0.15) is 0 Å². The summed E-state index contributed by atoms with van der Waals surface area (Å²) in [4.78, 5) is 10.9. The van der Waals surface area contributed by atoms with Crippen LogP contribution in [0.25, 0.3) is 0 Å². The number of anilines is 2. The molecule has 0 heterocycles. The van der Waals surface area contributed by atoms with Crippen molar-refractivity contribution in [3.05, 3.63) is 24.3 Å². The van der Waals surface area contributed by atoms with Gasteiger partial charge in [-0.3, -0.25) is 9.10 Å². The van der Waals surface area contributed by atoms with E-state index in [0.29, 0.717) is 11.4 Å². The van der Waals surface area contributed by atoms with Crippen LogP contribution in [0, 0.1) is 0 Å². The molecule has 0 unspecified atom stereocenters. The summed E-state index contributed by atoms with van der Waals surface area (Å²) in [7, 11) is -0.779. The Balaban J connectivity index is 2.72. The van der Waals surface area contributed by atoms with Crippen LogP contribution < -0.4 is 10.0 Å². The molecule has 7 heteroatoms. The Morgan fingerprint density at radius 1 is 1.37 bits per heavy atom. The Hall–Kier alpha value is -1.76. The number of hydrogen-bond donors (Lipinski definition) is 1. The zero-order valence-electron chi connectivity index (χ0n) is 11.0. The van der Waals surface area contributed by atoms with Crippen molar-refractivity contribution in [2.75, 3.05) is 29.9 Å². The van der Waals surface area contributed by atoms with Crippen LogP contribution in [0.1, 0.15) is 12.8 Å². The maximum Gasteiger partial charge on any atom is 0.305 e.